The number of aromatic nitrogens is 1. The first-order valence-electron chi connectivity index (χ1n) is 4.95. The van der Waals surface area contributed by atoms with Crippen molar-refractivity contribution in [3.63, 3.8) is 0 Å². The van der Waals surface area contributed by atoms with Gasteiger partial charge >= 0.3 is 0 Å². The van der Waals surface area contributed by atoms with Crippen LogP contribution >= 0.6 is 15.9 Å². The average molecular weight is 262 g/mol. The van der Waals surface area contributed by atoms with E-state index in [0.717, 1.165) is 17.4 Å². The third kappa shape index (κ3) is 2.24. The lowest BCUT2D eigenvalue weighted by Crippen LogP contribution is -1.94. The molecule has 0 bridgehead atoms. The molecule has 15 heavy (non-hydrogen) atoms. The van der Waals surface area contributed by atoms with E-state index in [-0.39, 0.29) is 0 Å². The summed E-state index contributed by atoms with van der Waals surface area (Å²) in [6.45, 7) is 2.84. The van der Waals surface area contributed by atoms with Gasteiger partial charge in [-0.15, -0.1) is 11.8 Å². The normalized spacial score (nSPS) is 10.0. The van der Waals surface area contributed by atoms with E-state index >= 15 is 0 Å². The lowest BCUT2D eigenvalue weighted by molar-refractivity contribution is 0.749. The monoisotopic (exact) mass is 261 g/mol. The zero-order chi connectivity index (χ0) is 10.7. The van der Waals surface area contributed by atoms with E-state index in [9.17, 15) is 0 Å². The number of nitrogens with zero attached hydrogens (tertiary/aromatic N) is 1. The standard InChI is InChI=1S/C13H12BrN/c1-2-3-4-8-15-9-7-11-10-12(14)5-6-13(11)15/h5-7,9-10H,4,8H2,1H3. The zero-order valence-electron chi connectivity index (χ0n) is 8.63. The number of halogens is 1. The van der Waals surface area contributed by atoms with Crippen molar-refractivity contribution < 1.29 is 0 Å². The van der Waals surface area contributed by atoms with E-state index < -0.39 is 0 Å². The molecule has 0 aliphatic heterocycles. The van der Waals surface area contributed by atoms with E-state index in [0.29, 0.717) is 0 Å². The number of hydrogen-bond acceptors (Lipinski definition) is 0. The Morgan fingerprint density at radius 3 is 3.00 bits per heavy atom. The summed E-state index contributed by atoms with van der Waals surface area (Å²) in [5.74, 6) is 6.00. The molecule has 1 heterocycles. The third-order valence-electron chi connectivity index (χ3n) is 2.39. The van der Waals surface area contributed by atoms with Gasteiger partial charge in [-0.25, -0.2) is 0 Å². The van der Waals surface area contributed by atoms with Crippen LogP contribution in [0.15, 0.2) is 34.9 Å². The van der Waals surface area contributed by atoms with Crippen molar-refractivity contribution >= 4 is 26.8 Å². The molecule has 0 aliphatic rings. The van der Waals surface area contributed by atoms with Crippen LogP contribution < -0.4 is 0 Å². The first-order chi connectivity index (χ1) is 7.31. The number of rotatable bonds is 2. The summed E-state index contributed by atoms with van der Waals surface area (Å²) in [5.41, 5.74) is 1.27. The fourth-order valence-corrected chi connectivity index (χ4v) is 2.05. The van der Waals surface area contributed by atoms with Crippen LogP contribution in [-0.4, -0.2) is 4.57 Å². The molecule has 1 nitrogen and oxygen atoms in total. The van der Waals surface area contributed by atoms with Crippen molar-refractivity contribution in [2.24, 2.45) is 0 Å². The van der Waals surface area contributed by atoms with Crippen LogP contribution in [0, 0.1) is 11.8 Å². The predicted molar refractivity (Wildman–Crippen MR) is 67.7 cm³/mol. The molecule has 0 N–H and O–H groups in total. The summed E-state index contributed by atoms with van der Waals surface area (Å²) >= 11 is 3.47. The molecule has 2 rings (SSSR count). The number of fused-ring (bicyclic) bond motifs is 1. The van der Waals surface area contributed by atoms with Crippen molar-refractivity contribution in [3.8, 4) is 11.8 Å². The Labute approximate surface area is 98.2 Å². The molecule has 0 atom stereocenters. The predicted octanol–water partition coefficient (Wildman–Crippen LogP) is 3.82. The largest absolute Gasteiger partial charge is 0.347 e. The maximum absolute atomic E-state index is 3.47. The second-order valence-electron chi connectivity index (χ2n) is 3.39. The summed E-state index contributed by atoms with van der Waals surface area (Å²) in [5, 5.41) is 1.27. The zero-order valence-corrected chi connectivity index (χ0v) is 10.2. The molecule has 2 heteroatoms. The average Bonchev–Trinajstić information content (AvgIpc) is 2.61. The highest BCUT2D eigenvalue weighted by atomic mass is 79.9. The maximum atomic E-state index is 3.47. The van der Waals surface area contributed by atoms with Crippen molar-refractivity contribution in [2.45, 2.75) is 19.9 Å². The molecule has 0 saturated carbocycles. The first kappa shape index (κ1) is 10.3. The molecule has 0 aliphatic carbocycles. The molecular formula is C13H12BrN. The molecule has 76 valence electrons. The molecule has 0 saturated heterocycles. The molecule has 1 aromatic carbocycles. The minimum atomic E-state index is 0.913. The van der Waals surface area contributed by atoms with Gasteiger partial charge in [0, 0.05) is 34.5 Å². The number of benzene rings is 1. The van der Waals surface area contributed by atoms with Crippen LogP contribution in [0.3, 0.4) is 0 Å². The fourth-order valence-electron chi connectivity index (χ4n) is 1.67. The van der Waals surface area contributed by atoms with Crippen molar-refractivity contribution in [2.75, 3.05) is 0 Å². The van der Waals surface area contributed by atoms with E-state index in [1.807, 2.05) is 6.92 Å². The van der Waals surface area contributed by atoms with Gasteiger partial charge in [0.2, 0.25) is 0 Å². The van der Waals surface area contributed by atoms with Gasteiger partial charge in [0.25, 0.3) is 0 Å². The van der Waals surface area contributed by atoms with E-state index in [4.69, 9.17) is 0 Å². The molecule has 0 fully saturated rings. The number of hydrogen-bond donors (Lipinski definition) is 0. The Bertz CT molecular complexity index is 528. The summed E-state index contributed by atoms with van der Waals surface area (Å²) in [7, 11) is 0. The molecule has 2 aromatic rings. The highest BCUT2D eigenvalue weighted by Crippen LogP contribution is 2.20. The van der Waals surface area contributed by atoms with Gasteiger partial charge in [-0.05, 0) is 31.2 Å². The lowest BCUT2D eigenvalue weighted by atomic mass is 10.2. The van der Waals surface area contributed by atoms with E-state index in [1.165, 1.54) is 10.9 Å². The third-order valence-corrected chi connectivity index (χ3v) is 2.88. The van der Waals surface area contributed by atoms with Crippen LogP contribution in [0.2, 0.25) is 0 Å². The van der Waals surface area contributed by atoms with Gasteiger partial charge < -0.3 is 4.57 Å². The van der Waals surface area contributed by atoms with Crippen LogP contribution in [-0.2, 0) is 6.54 Å². The minimum Gasteiger partial charge on any atom is -0.347 e. The number of aryl methyl sites for hydroxylation is 1. The van der Waals surface area contributed by atoms with Gasteiger partial charge in [-0.3, -0.25) is 0 Å². The molecule has 0 unspecified atom stereocenters. The highest BCUT2D eigenvalue weighted by molar-refractivity contribution is 9.10. The van der Waals surface area contributed by atoms with Gasteiger partial charge in [-0.1, -0.05) is 15.9 Å². The highest BCUT2D eigenvalue weighted by Gasteiger charge is 1.99. The molecule has 1 aromatic heterocycles. The lowest BCUT2D eigenvalue weighted by Gasteiger charge is -2.01. The molecule has 0 amide bonds. The van der Waals surface area contributed by atoms with Gasteiger partial charge in [0.15, 0.2) is 0 Å². The maximum Gasteiger partial charge on any atom is 0.0481 e. The van der Waals surface area contributed by atoms with Crippen molar-refractivity contribution in [1.29, 1.82) is 0 Å². The molecule has 0 spiro atoms. The van der Waals surface area contributed by atoms with Gasteiger partial charge in [0.1, 0.15) is 0 Å². The van der Waals surface area contributed by atoms with Crippen LogP contribution in [0.5, 0.6) is 0 Å². The van der Waals surface area contributed by atoms with Crippen LogP contribution in [0.4, 0.5) is 0 Å². The minimum absolute atomic E-state index is 0.913. The Kier molecular flexibility index (Phi) is 3.13. The Morgan fingerprint density at radius 1 is 1.33 bits per heavy atom. The van der Waals surface area contributed by atoms with Crippen molar-refractivity contribution in [3.05, 3.63) is 34.9 Å². The Balaban J connectivity index is 2.31. The molecule has 0 radical (unpaired) electrons. The van der Waals surface area contributed by atoms with Gasteiger partial charge in [0.05, 0.1) is 0 Å². The second kappa shape index (κ2) is 4.55. The fraction of sp³-hybridized carbons (Fsp3) is 0.231. The van der Waals surface area contributed by atoms with Gasteiger partial charge in [-0.2, -0.15) is 0 Å². The summed E-state index contributed by atoms with van der Waals surface area (Å²) < 4.78 is 3.37. The van der Waals surface area contributed by atoms with Crippen molar-refractivity contribution in [1.82, 2.24) is 4.57 Å². The summed E-state index contributed by atoms with van der Waals surface area (Å²) in [4.78, 5) is 0. The summed E-state index contributed by atoms with van der Waals surface area (Å²) in [6.07, 6.45) is 3.03. The van der Waals surface area contributed by atoms with E-state index in [2.05, 4.69) is 62.8 Å². The smallest absolute Gasteiger partial charge is 0.0481 e. The quantitative estimate of drug-likeness (QED) is 0.725. The second-order valence-corrected chi connectivity index (χ2v) is 4.30. The molecular weight excluding hydrogens is 250 g/mol. The first-order valence-corrected chi connectivity index (χ1v) is 5.74. The van der Waals surface area contributed by atoms with E-state index in [1.54, 1.807) is 0 Å². The van der Waals surface area contributed by atoms with Crippen LogP contribution in [0.25, 0.3) is 10.9 Å². The SMILES string of the molecule is CC#CCCn1ccc2cc(Br)ccc21. The topological polar surface area (TPSA) is 4.93 Å². The summed E-state index contributed by atoms with van der Waals surface area (Å²) in [6, 6.07) is 8.49. The Hall–Kier alpha value is -1.20. The Morgan fingerprint density at radius 2 is 2.20 bits per heavy atom. The van der Waals surface area contributed by atoms with Crippen LogP contribution in [0.1, 0.15) is 13.3 Å².